The normalized spacial score (nSPS) is 11.8. The van der Waals surface area contributed by atoms with Crippen LogP contribution in [0.3, 0.4) is 0 Å². The molecule has 4 heteroatoms. The third kappa shape index (κ3) is 7.18. The van der Waals surface area contributed by atoms with Gasteiger partial charge < -0.3 is 0 Å². The van der Waals surface area contributed by atoms with E-state index in [1.54, 1.807) is 0 Å². The monoisotopic (exact) mass is 551 g/mol. The van der Waals surface area contributed by atoms with E-state index in [0.29, 0.717) is 3.43 Å². The van der Waals surface area contributed by atoms with Gasteiger partial charge >= 0.3 is 212 Å². The van der Waals surface area contributed by atoms with E-state index in [2.05, 4.69) is 87.0 Å². The van der Waals surface area contributed by atoms with Crippen molar-refractivity contribution in [3.05, 3.63) is 65.7 Å². The van der Waals surface area contributed by atoms with Gasteiger partial charge in [0.2, 0.25) is 0 Å². The molecule has 0 aliphatic rings. The van der Waals surface area contributed by atoms with Gasteiger partial charge in [0.15, 0.2) is 0 Å². The first kappa shape index (κ1) is 26.0. The van der Waals surface area contributed by atoms with Crippen LogP contribution in [0.5, 0.6) is 0 Å². The van der Waals surface area contributed by atoms with Gasteiger partial charge in [-0.25, -0.2) is 0 Å². The molecule has 0 aliphatic carbocycles. The summed E-state index contributed by atoms with van der Waals surface area (Å²) in [6.07, 6.45) is 12.0. The van der Waals surface area contributed by atoms with Crippen LogP contribution >= 0.6 is 0 Å². The van der Waals surface area contributed by atoms with E-state index in [9.17, 15) is 0 Å². The molecule has 0 spiro atoms. The van der Waals surface area contributed by atoms with E-state index >= 15 is 0 Å². The average molecular weight is 550 g/mol. The average Bonchev–Trinajstić information content (AvgIpc) is 3.22. The molecule has 0 saturated carbocycles. The summed E-state index contributed by atoms with van der Waals surface area (Å²) in [5.41, 5.74) is 5.20. The molecule has 176 valence electrons. The van der Waals surface area contributed by atoms with Crippen molar-refractivity contribution < 1.29 is 0 Å². The van der Waals surface area contributed by atoms with Crippen molar-refractivity contribution in [1.82, 2.24) is 15.0 Å². The van der Waals surface area contributed by atoms with Crippen molar-refractivity contribution in [2.24, 2.45) is 0 Å². The van der Waals surface area contributed by atoms with Gasteiger partial charge in [0.1, 0.15) is 0 Å². The molecule has 1 heterocycles. The maximum atomic E-state index is 4.93. The second kappa shape index (κ2) is 13.3. The van der Waals surface area contributed by atoms with Gasteiger partial charge in [-0.2, -0.15) is 0 Å². The molecular formula is C29H41N3Sn. The molecule has 2 radical (unpaired) electrons. The van der Waals surface area contributed by atoms with E-state index < -0.39 is 21.1 Å². The predicted octanol–water partition coefficient (Wildman–Crippen LogP) is 7.36. The van der Waals surface area contributed by atoms with Gasteiger partial charge in [0, 0.05) is 0 Å². The van der Waals surface area contributed by atoms with Gasteiger partial charge in [-0.15, -0.1) is 0 Å². The summed E-state index contributed by atoms with van der Waals surface area (Å²) in [6.45, 7) is 10.0. The maximum absolute atomic E-state index is 4.93. The van der Waals surface area contributed by atoms with Crippen LogP contribution in [-0.4, -0.2) is 36.1 Å². The standard InChI is InChI=1S/C16H14N3.C13H27.Sn/c1-13-7-5-6-10-15(13)16-11-17-18-19(16)12-14-8-3-2-4-9-14;1-4-7-10-13(11-8-5-2)12-9-6-3;/h2-10H,12H2,1H3;4-12H2,1-3H3;. The fourth-order valence-corrected chi connectivity index (χ4v) is 10.1. The van der Waals surface area contributed by atoms with Crippen LogP contribution in [0.2, 0.25) is 3.43 Å². The van der Waals surface area contributed by atoms with Crippen LogP contribution in [0, 0.1) is 6.92 Å². The van der Waals surface area contributed by atoms with E-state index in [4.69, 9.17) is 10.3 Å². The van der Waals surface area contributed by atoms with Crippen molar-refractivity contribution in [1.29, 1.82) is 0 Å². The van der Waals surface area contributed by atoms with Crippen LogP contribution in [0.4, 0.5) is 0 Å². The Hall–Kier alpha value is -1.62. The van der Waals surface area contributed by atoms with Crippen LogP contribution in [0.15, 0.2) is 54.6 Å². The summed E-state index contributed by atoms with van der Waals surface area (Å²) in [6, 6.07) is 19.5. The number of benzene rings is 2. The second-order valence-corrected chi connectivity index (χ2v) is 14.6. The molecule has 33 heavy (non-hydrogen) atoms. The van der Waals surface area contributed by atoms with Crippen molar-refractivity contribution in [2.45, 2.75) is 95.5 Å². The van der Waals surface area contributed by atoms with Crippen LogP contribution < -0.4 is 3.71 Å². The fourth-order valence-electron chi connectivity index (χ4n) is 4.73. The number of rotatable bonds is 14. The van der Waals surface area contributed by atoms with Crippen LogP contribution in [0.1, 0.15) is 89.7 Å². The van der Waals surface area contributed by atoms with Gasteiger partial charge in [0.25, 0.3) is 0 Å². The van der Waals surface area contributed by atoms with Crippen molar-refractivity contribution in [3.8, 4) is 11.3 Å². The molecule has 0 fully saturated rings. The SMILES string of the molecule is CCCC[C](CCCC)(CCCC)[Sn][c]1nnn(Cc2ccccc2)c1-c1ccccc1C. The third-order valence-electron chi connectivity index (χ3n) is 6.72. The third-order valence-corrected chi connectivity index (χ3v) is 12.0. The molecule has 3 aromatic rings. The van der Waals surface area contributed by atoms with Crippen LogP contribution in [0.25, 0.3) is 11.3 Å². The van der Waals surface area contributed by atoms with E-state index in [-0.39, 0.29) is 0 Å². The molecule has 0 unspecified atom stereocenters. The molecule has 0 aliphatic heterocycles. The Morgan fingerprint density at radius 3 is 1.94 bits per heavy atom. The first-order valence-corrected chi connectivity index (χ1v) is 15.8. The Morgan fingerprint density at radius 1 is 0.788 bits per heavy atom. The first-order chi connectivity index (χ1) is 16.1. The fraction of sp³-hybridized carbons (Fsp3) is 0.517. The number of hydrogen-bond acceptors (Lipinski definition) is 2. The Bertz CT molecular complexity index is 942. The van der Waals surface area contributed by atoms with E-state index in [1.807, 2.05) is 0 Å². The first-order valence-electron chi connectivity index (χ1n) is 12.9. The Balaban J connectivity index is 2.04. The minimum absolute atomic E-state index is 0.496. The number of aryl methyl sites for hydroxylation is 1. The minimum atomic E-state index is -0.986. The zero-order chi connectivity index (χ0) is 23.5. The number of unbranched alkanes of at least 4 members (excludes halogenated alkanes) is 3. The molecule has 0 atom stereocenters. The molecular weight excluding hydrogens is 509 g/mol. The van der Waals surface area contributed by atoms with Gasteiger partial charge in [0.05, 0.1) is 0 Å². The molecule has 2 aromatic carbocycles. The number of nitrogens with zero attached hydrogens (tertiary/aromatic N) is 3. The van der Waals surface area contributed by atoms with E-state index in [1.165, 1.54) is 83.9 Å². The molecule has 0 bridgehead atoms. The molecule has 0 N–H and O–H groups in total. The van der Waals surface area contributed by atoms with Crippen LogP contribution in [-0.2, 0) is 6.54 Å². The van der Waals surface area contributed by atoms with Crippen molar-refractivity contribution in [2.75, 3.05) is 0 Å². The number of hydrogen-bond donors (Lipinski definition) is 0. The Labute approximate surface area is 211 Å². The molecule has 3 rings (SSSR count). The summed E-state index contributed by atoms with van der Waals surface area (Å²) >= 11 is -0.986. The quantitative estimate of drug-likeness (QED) is 0.197. The van der Waals surface area contributed by atoms with Gasteiger partial charge in [-0.3, -0.25) is 0 Å². The summed E-state index contributed by atoms with van der Waals surface area (Å²) in [4.78, 5) is 0. The summed E-state index contributed by atoms with van der Waals surface area (Å²) in [7, 11) is 0. The number of aromatic nitrogens is 3. The summed E-state index contributed by atoms with van der Waals surface area (Å²) in [5.74, 6) is 0. The second-order valence-electron chi connectivity index (χ2n) is 9.46. The molecule has 3 nitrogen and oxygen atoms in total. The zero-order valence-corrected chi connectivity index (χ0v) is 24.0. The summed E-state index contributed by atoms with van der Waals surface area (Å²) < 4.78 is 4.03. The Kier molecular flexibility index (Phi) is 10.5. The Morgan fingerprint density at radius 2 is 1.36 bits per heavy atom. The van der Waals surface area contributed by atoms with Crippen molar-refractivity contribution in [3.63, 3.8) is 0 Å². The van der Waals surface area contributed by atoms with E-state index in [0.717, 1.165) is 6.54 Å². The van der Waals surface area contributed by atoms with Gasteiger partial charge in [-0.05, 0) is 0 Å². The van der Waals surface area contributed by atoms with Crippen molar-refractivity contribution >= 4 is 24.9 Å². The topological polar surface area (TPSA) is 30.7 Å². The predicted molar refractivity (Wildman–Crippen MR) is 142 cm³/mol. The van der Waals surface area contributed by atoms with Gasteiger partial charge in [-0.1, -0.05) is 0 Å². The molecule has 0 saturated heterocycles. The molecule has 1 aromatic heterocycles. The molecule has 0 amide bonds. The zero-order valence-electron chi connectivity index (χ0n) is 21.1. The summed E-state index contributed by atoms with van der Waals surface area (Å²) in [5, 5.41) is 9.69.